The fourth-order valence-electron chi connectivity index (χ4n) is 3.19. The Morgan fingerprint density at radius 3 is 2.73 bits per heavy atom. The van der Waals surface area contributed by atoms with Gasteiger partial charge < -0.3 is 20.4 Å². The second-order valence-electron chi connectivity index (χ2n) is 7.03. The Balaban J connectivity index is 1.41. The van der Waals surface area contributed by atoms with Crippen molar-refractivity contribution in [2.75, 3.05) is 18.9 Å². The summed E-state index contributed by atoms with van der Waals surface area (Å²) in [4.78, 5) is 26.4. The molecule has 0 saturated heterocycles. The van der Waals surface area contributed by atoms with Crippen LogP contribution in [0.5, 0.6) is 0 Å². The fourth-order valence-corrected chi connectivity index (χ4v) is 3.19. The van der Waals surface area contributed by atoms with Crippen LogP contribution in [0.4, 0.5) is 5.95 Å². The largest absolute Gasteiger partial charge is 0.350 e. The first-order valence-corrected chi connectivity index (χ1v) is 9.63. The third-order valence-corrected chi connectivity index (χ3v) is 4.83. The van der Waals surface area contributed by atoms with Gasteiger partial charge in [-0.05, 0) is 28.8 Å². The second-order valence-corrected chi connectivity index (χ2v) is 7.03. The minimum Gasteiger partial charge on any atom is -0.350 e. The summed E-state index contributed by atoms with van der Waals surface area (Å²) in [6.45, 7) is 1.13. The maximum absolute atomic E-state index is 11.7. The summed E-state index contributed by atoms with van der Waals surface area (Å²) in [5.41, 5.74) is 10.4. The maximum atomic E-state index is 11.7. The van der Waals surface area contributed by atoms with Crippen molar-refractivity contribution in [3.05, 3.63) is 78.5 Å². The van der Waals surface area contributed by atoms with Gasteiger partial charge in [-0.25, -0.2) is 15.0 Å². The van der Waals surface area contributed by atoms with Gasteiger partial charge >= 0.3 is 0 Å². The lowest BCUT2D eigenvalue weighted by molar-refractivity contribution is -0.128. The number of benzene rings is 1. The minimum absolute atomic E-state index is 0.00860. The topological polar surface area (TPSA) is 101 Å². The van der Waals surface area contributed by atoms with Crippen molar-refractivity contribution in [2.45, 2.75) is 13.1 Å². The first kappa shape index (κ1) is 19.5. The third kappa shape index (κ3) is 4.44. The molecule has 0 aliphatic heterocycles. The zero-order valence-corrected chi connectivity index (χ0v) is 16.7. The first-order chi connectivity index (χ1) is 14.6. The van der Waals surface area contributed by atoms with E-state index in [9.17, 15) is 4.79 Å². The van der Waals surface area contributed by atoms with Gasteiger partial charge in [-0.1, -0.05) is 24.3 Å². The number of nitrogens with two attached hydrogens (primary N) is 1. The number of likely N-dealkylation sites (N-methyl/N-ethyl adjacent to an activating group) is 1. The monoisotopic (exact) mass is 401 g/mol. The van der Waals surface area contributed by atoms with Crippen LogP contribution >= 0.6 is 0 Å². The van der Waals surface area contributed by atoms with E-state index in [2.05, 4.69) is 20.3 Å². The zero-order valence-electron chi connectivity index (χ0n) is 16.7. The van der Waals surface area contributed by atoms with Crippen molar-refractivity contribution < 1.29 is 4.79 Å². The molecule has 3 N–H and O–H groups in total. The molecular weight excluding hydrogens is 378 g/mol. The molecule has 152 valence electrons. The van der Waals surface area contributed by atoms with Gasteiger partial charge in [0.05, 0.1) is 6.54 Å². The second kappa shape index (κ2) is 8.71. The Hall–Kier alpha value is -3.78. The Bertz CT molecular complexity index is 1150. The number of carbonyl (C=O) groups is 1. The Morgan fingerprint density at radius 1 is 1.10 bits per heavy atom. The molecule has 4 rings (SSSR count). The van der Waals surface area contributed by atoms with Crippen LogP contribution in [0, 0.1) is 0 Å². The number of nitrogens with one attached hydrogen (secondary N) is 1. The van der Waals surface area contributed by atoms with E-state index in [0.29, 0.717) is 19.0 Å². The van der Waals surface area contributed by atoms with Crippen LogP contribution in [-0.2, 0) is 17.9 Å². The van der Waals surface area contributed by atoms with Crippen LogP contribution in [0.1, 0.15) is 11.1 Å². The summed E-state index contributed by atoms with van der Waals surface area (Å²) in [5, 5.41) is 3.24. The number of aromatic nitrogens is 4. The molecule has 3 heterocycles. The molecule has 0 radical (unpaired) electrons. The Kier molecular flexibility index (Phi) is 5.67. The normalized spacial score (nSPS) is 10.9. The number of rotatable bonds is 7. The molecule has 1 amide bonds. The SMILES string of the molecule is CN(Cc1cccc(-c2cnc(NCc3ccc4nccn4c3)nc2)c1)C(=O)CN. The molecule has 0 bridgehead atoms. The van der Waals surface area contributed by atoms with E-state index in [4.69, 9.17) is 5.73 Å². The van der Waals surface area contributed by atoms with Gasteiger partial charge in [0.25, 0.3) is 0 Å². The highest BCUT2D eigenvalue weighted by atomic mass is 16.2. The molecule has 0 unspecified atom stereocenters. The number of hydrogen-bond donors (Lipinski definition) is 2. The highest BCUT2D eigenvalue weighted by Crippen LogP contribution is 2.20. The van der Waals surface area contributed by atoms with Crippen LogP contribution in [0.15, 0.2) is 67.4 Å². The Morgan fingerprint density at radius 2 is 1.93 bits per heavy atom. The van der Waals surface area contributed by atoms with Crippen LogP contribution in [-0.4, -0.2) is 43.8 Å². The standard InChI is InChI=1S/C22H23N7O/c1-28(21(30)10-23)14-16-3-2-4-18(9-16)19-12-26-22(27-13-19)25-11-17-5-6-20-24-7-8-29(20)15-17/h2-9,12-13,15H,10-11,14,23H2,1H3,(H,25,26,27). The van der Waals surface area contributed by atoms with Gasteiger partial charge in [0, 0.05) is 56.7 Å². The number of amides is 1. The minimum atomic E-state index is -0.0913. The number of nitrogens with zero attached hydrogens (tertiary/aromatic N) is 5. The molecule has 0 fully saturated rings. The molecular formula is C22H23N7O. The molecule has 1 aromatic carbocycles. The van der Waals surface area contributed by atoms with Crippen LogP contribution in [0.25, 0.3) is 16.8 Å². The molecule has 0 aliphatic carbocycles. The highest BCUT2D eigenvalue weighted by Gasteiger charge is 2.08. The van der Waals surface area contributed by atoms with Crippen molar-refractivity contribution in [1.29, 1.82) is 0 Å². The van der Waals surface area contributed by atoms with Crippen LogP contribution in [0.3, 0.4) is 0 Å². The van der Waals surface area contributed by atoms with Crippen LogP contribution < -0.4 is 11.1 Å². The molecule has 0 aliphatic rings. The third-order valence-electron chi connectivity index (χ3n) is 4.83. The molecule has 0 spiro atoms. The molecule has 4 aromatic rings. The van der Waals surface area contributed by atoms with Crippen molar-refractivity contribution in [1.82, 2.24) is 24.3 Å². The number of anilines is 1. The number of fused-ring (bicyclic) bond motifs is 1. The average Bonchev–Trinajstić information content (AvgIpc) is 3.25. The molecule has 3 aromatic heterocycles. The van der Waals surface area contributed by atoms with E-state index in [1.165, 1.54) is 0 Å². The number of imidazole rings is 1. The Labute approximate surface area is 174 Å². The number of pyridine rings is 1. The van der Waals surface area contributed by atoms with Gasteiger partial charge in [-0.2, -0.15) is 0 Å². The van der Waals surface area contributed by atoms with E-state index in [0.717, 1.165) is 27.9 Å². The molecule has 8 nitrogen and oxygen atoms in total. The van der Waals surface area contributed by atoms with Crippen molar-refractivity contribution in [3.63, 3.8) is 0 Å². The quantitative estimate of drug-likeness (QED) is 0.493. The summed E-state index contributed by atoms with van der Waals surface area (Å²) < 4.78 is 1.98. The molecule has 30 heavy (non-hydrogen) atoms. The van der Waals surface area contributed by atoms with E-state index in [1.807, 2.05) is 53.2 Å². The number of carbonyl (C=O) groups excluding carboxylic acids is 1. The van der Waals surface area contributed by atoms with E-state index in [-0.39, 0.29) is 12.5 Å². The van der Waals surface area contributed by atoms with Gasteiger partial charge in [0.2, 0.25) is 11.9 Å². The van der Waals surface area contributed by atoms with Gasteiger partial charge in [0.1, 0.15) is 5.65 Å². The smallest absolute Gasteiger partial charge is 0.236 e. The highest BCUT2D eigenvalue weighted by molar-refractivity contribution is 5.77. The lowest BCUT2D eigenvalue weighted by Crippen LogP contribution is -2.32. The lowest BCUT2D eigenvalue weighted by atomic mass is 10.1. The first-order valence-electron chi connectivity index (χ1n) is 9.63. The summed E-state index contributed by atoms with van der Waals surface area (Å²) in [7, 11) is 1.75. The fraction of sp³-hybridized carbons (Fsp3) is 0.182. The predicted molar refractivity (Wildman–Crippen MR) is 116 cm³/mol. The molecule has 0 saturated carbocycles. The average molecular weight is 401 g/mol. The van der Waals surface area contributed by atoms with Crippen molar-refractivity contribution >= 4 is 17.5 Å². The zero-order chi connectivity index (χ0) is 20.9. The number of hydrogen-bond acceptors (Lipinski definition) is 6. The van der Waals surface area contributed by atoms with Gasteiger partial charge in [-0.3, -0.25) is 4.79 Å². The van der Waals surface area contributed by atoms with Crippen molar-refractivity contribution in [3.8, 4) is 11.1 Å². The lowest BCUT2D eigenvalue weighted by Gasteiger charge is -2.16. The molecule has 0 atom stereocenters. The predicted octanol–water partition coefficient (Wildman–Crippen LogP) is 2.32. The summed E-state index contributed by atoms with van der Waals surface area (Å²) >= 11 is 0. The van der Waals surface area contributed by atoms with E-state index in [1.54, 1.807) is 30.5 Å². The molecule has 8 heteroatoms. The summed E-state index contributed by atoms with van der Waals surface area (Å²) in [5.74, 6) is 0.472. The maximum Gasteiger partial charge on any atom is 0.236 e. The van der Waals surface area contributed by atoms with Gasteiger partial charge in [0.15, 0.2) is 0 Å². The summed E-state index contributed by atoms with van der Waals surface area (Å²) in [6.07, 6.45) is 9.31. The van der Waals surface area contributed by atoms with Crippen molar-refractivity contribution in [2.24, 2.45) is 5.73 Å². The van der Waals surface area contributed by atoms with E-state index >= 15 is 0 Å². The van der Waals surface area contributed by atoms with Crippen LogP contribution in [0.2, 0.25) is 0 Å². The summed E-state index contributed by atoms with van der Waals surface area (Å²) in [6, 6.07) is 12.0. The van der Waals surface area contributed by atoms with E-state index < -0.39 is 0 Å². The van der Waals surface area contributed by atoms with Gasteiger partial charge in [-0.15, -0.1) is 0 Å².